The Labute approximate surface area is 195 Å². The van der Waals surface area contributed by atoms with Gasteiger partial charge in [-0.15, -0.1) is 0 Å². The third kappa shape index (κ3) is 5.88. The van der Waals surface area contributed by atoms with Crippen molar-refractivity contribution in [1.82, 2.24) is 4.90 Å². The molecule has 1 saturated heterocycles. The molecule has 1 fully saturated rings. The molecule has 4 rings (SSSR count). The molecule has 0 bridgehead atoms. The topological polar surface area (TPSA) is 68.2 Å². The van der Waals surface area contributed by atoms with Gasteiger partial charge in [-0.25, -0.2) is 0 Å². The Morgan fingerprint density at radius 1 is 1.24 bits per heavy atom. The van der Waals surface area contributed by atoms with Crippen LogP contribution in [0.25, 0.3) is 6.08 Å². The monoisotopic (exact) mass is 451 g/mol. The molecular weight excluding hydrogens is 418 g/mol. The van der Waals surface area contributed by atoms with E-state index in [9.17, 15) is 9.90 Å². The zero-order valence-corrected chi connectivity index (χ0v) is 19.5. The van der Waals surface area contributed by atoms with Crippen molar-refractivity contribution in [3.8, 4) is 17.2 Å². The summed E-state index contributed by atoms with van der Waals surface area (Å²) in [6.45, 7) is 5.39. The number of carboxylic acids is 1. The van der Waals surface area contributed by atoms with Gasteiger partial charge in [0.05, 0.1) is 13.0 Å². The maximum Gasteiger partial charge on any atom is 0.307 e. The number of nitrogens with zero attached hydrogens (tertiary/aromatic N) is 1. The molecule has 0 aliphatic carbocycles. The Hall–Kier alpha value is -2.99. The fraction of sp³-hybridized carbons (Fsp3) is 0.444. The van der Waals surface area contributed by atoms with E-state index in [4.69, 9.17) is 14.2 Å². The molecule has 0 amide bonds. The summed E-state index contributed by atoms with van der Waals surface area (Å²) < 4.78 is 17.6. The van der Waals surface area contributed by atoms with Crippen molar-refractivity contribution in [2.24, 2.45) is 5.92 Å². The molecule has 6 heteroatoms. The lowest BCUT2D eigenvalue weighted by Crippen LogP contribution is -2.40. The fourth-order valence-corrected chi connectivity index (χ4v) is 4.57. The number of carbonyl (C=O) groups is 1. The third-order valence-corrected chi connectivity index (χ3v) is 6.32. The molecule has 2 heterocycles. The van der Waals surface area contributed by atoms with Crippen LogP contribution in [0.15, 0.2) is 42.0 Å². The highest BCUT2D eigenvalue weighted by Gasteiger charge is 2.26. The van der Waals surface area contributed by atoms with Crippen LogP contribution in [-0.2, 0) is 17.8 Å². The lowest BCUT2D eigenvalue weighted by Gasteiger charge is -2.32. The molecule has 1 atom stereocenters. The van der Waals surface area contributed by atoms with Crippen molar-refractivity contribution >= 4 is 12.0 Å². The minimum Gasteiger partial charge on any atom is -0.496 e. The molecule has 6 nitrogen and oxygen atoms in total. The minimum absolute atomic E-state index is 0.266. The van der Waals surface area contributed by atoms with Crippen molar-refractivity contribution in [3.05, 3.63) is 58.7 Å². The van der Waals surface area contributed by atoms with Crippen LogP contribution < -0.4 is 14.2 Å². The predicted octanol–water partition coefficient (Wildman–Crippen LogP) is 4.80. The van der Waals surface area contributed by atoms with Gasteiger partial charge in [-0.3, -0.25) is 9.69 Å². The van der Waals surface area contributed by atoms with E-state index in [1.54, 1.807) is 7.11 Å². The number of hydrogen-bond donors (Lipinski definition) is 1. The van der Waals surface area contributed by atoms with Gasteiger partial charge in [0.1, 0.15) is 30.5 Å². The maximum absolute atomic E-state index is 11.3. The molecule has 2 aliphatic rings. The van der Waals surface area contributed by atoms with E-state index in [-0.39, 0.29) is 5.92 Å². The number of ether oxygens (including phenoxy) is 3. The molecule has 2 aliphatic heterocycles. The van der Waals surface area contributed by atoms with Gasteiger partial charge in [0.15, 0.2) is 0 Å². The number of aryl methyl sites for hydroxylation is 1. The van der Waals surface area contributed by atoms with Gasteiger partial charge in [0, 0.05) is 30.3 Å². The van der Waals surface area contributed by atoms with Crippen LogP contribution in [-0.4, -0.2) is 49.3 Å². The van der Waals surface area contributed by atoms with Crippen molar-refractivity contribution in [2.75, 3.05) is 33.4 Å². The predicted molar refractivity (Wildman–Crippen MR) is 128 cm³/mol. The first kappa shape index (κ1) is 23.2. The van der Waals surface area contributed by atoms with E-state index >= 15 is 0 Å². The Balaban J connectivity index is 1.38. The molecule has 2 aromatic rings. The van der Waals surface area contributed by atoms with Gasteiger partial charge in [0.2, 0.25) is 0 Å². The molecule has 0 radical (unpaired) electrons. The van der Waals surface area contributed by atoms with Gasteiger partial charge in [0.25, 0.3) is 0 Å². The summed E-state index contributed by atoms with van der Waals surface area (Å²) in [6, 6.07) is 12.2. The van der Waals surface area contributed by atoms with Crippen molar-refractivity contribution in [3.63, 3.8) is 0 Å². The average molecular weight is 452 g/mol. The fourth-order valence-electron chi connectivity index (χ4n) is 4.57. The molecule has 0 saturated carbocycles. The first-order valence-electron chi connectivity index (χ1n) is 11.8. The van der Waals surface area contributed by atoms with Crippen LogP contribution in [0.5, 0.6) is 17.2 Å². The maximum atomic E-state index is 11.3. The minimum atomic E-state index is -0.694. The average Bonchev–Trinajstić information content (AvgIpc) is 2.83. The Morgan fingerprint density at radius 2 is 2.12 bits per heavy atom. The molecule has 1 N–H and O–H groups in total. The van der Waals surface area contributed by atoms with E-state index in [2.05, 4.69) is 36.1 Å². The molecule has 33 heavy (non-hydrogen) atoms. The first-order chi connectivity index (χ1) is 16.1. The SMILES string of the molecule is CCCc1ccc(COc2ccc3c(c2)OCC(CN2CCCC(C(=O)O)C2)=C3)c(OC)c1. The van der Waals surface area contributed by atoms with Gasteiger partial charge in [-0.1, -0.05) is 25.5 Å². The Kier molecular flexibility index (Phi) is 7.55. The summed E-state index contributed by atoms with van der Waals surface area (Å²) in [5, 5.41) is 9.31. The summed E-state index contributed by atoms with van der Waals surface area (Å²) >= 11 is 0. The third-order valence-electron chi connectivity index (χ3n) is 6.32. The quantitative estimate of drug-likeness (QED) is 0.591. The smallest absolute Gasteiger partial charge is 0.307 e. The number of hydrogen-bond acceptors (Lipinski definition) is 5. The number of likely N-dealkylation sites (tertiary alicyclic amines) is 1. The largest absolute Gasteiger partial charge is 0.496 e. The van der Waals surface area contributed by atoms with Gasteiger partial charge in [-0.2, -0.15) is 0 Å². The molecule has 176 valence electrons. The van der Waals surface area contributed by atoms with Gasteiger partial charge < -0.3 is 19.3 Å². The molecule has 0 spiro atoms. The van der Waals surface area contributed by atoms with Gasteiger partial charge >= 0.3 is 5.97 Å². The number of benzene rings is 2. The standard InChI is InChI=1S/C27H33NO5/c1-3-5-19-7-8-23(25(13-19)31-2)18-32-24-10-9-21-12-20(17-33-26(21)14-24)15-28-11-4-6-22(16-28)27(29)30/h7-10,12-14,22H,3-6,11,15-18H2,1-2H3,(H,29,30). The number of aliphatic carboxylic acids is 1. The van der Waals surface area contributed by atoms with Crippen LogP contribution >= 0.6 is 0 Å². The molecule has 2 aromatic carbocycles. The van der Waals surface area contributed by atoms with E-state index < -0.39 is 5.97 Å². The van der Waals surface area contributed by atoms with Gasteiger partial charge in [-0.05, 0) is 61.2 Å². The second-order valence-electron chi connectivity index (χ2n) is 8.89. The van der Waals surface area contributed by atoms with E-state index in [0.29, 0.717) is 19.8 Å². The zero-order chi connectivity index (χ0) is 23.2. The second kappa shape index (κ2) is 10.8. The highest BCUT2D eigenvalue weighted by atomic mass is 16.5. The Morgan fingerprint density at radius 3 is 2.91 bits per heavy atom. The van der Waals surface area contributed by atoms with Crippen LogP contribution in [0.1, 0.15) is 42.9 Å². The number of rotatable bonds is 9. The summed E-state index contributed by atoms with van der Waals surface area (Å²) in [5.41, 5.74) is 4.47. The summed E-state index contributed by atoms with van der Waals surface area (Å²) in [4.78, 5) is 13.5. The Bertz CT molecular complexity index is 1020. The van der Waals surface area contributed by atoms with Crippen LogP contribution in [0.3, 0.4) is 0 Å². The summed E-state index contributed by atoms with van der Waals surface area (Å²) in [7, 11) is 1.69. The normalized spacial score (nSPS) is 18.1. The first-order valence-corrected chi connectivity index (χ1v) is 11.8. The van der Waals surface area contributed by atoms with Crippen molar-refractivity contribution in [2.45, 2.75) is 39.2 Å². The second-order valence-corrected chi connectivity index (χ2v) is 8.89. The highest BCUT2D eigenvalue weighted by molar-refractivity contribution is 5.70. The van der Waals surface area contributed by atoms with Crippen LogP contribution in [0.2, 0.25) is 0 Å². The molecular formula is C27H33NO5. The lowest BCUT2D eigenvalue weighted by atomic mass is 9.97. The highest BCUT2D eigenvalue weighted by Crippen LogP contribution is 2.32. The zero-order valence-electron chi connectivity index (χ0n) is 19.5. The van der Waals surface area contributed by atoms with E-state index in [1.165, 1.54) is 11.1 Å². The molecule has 0 aromatic heterocycles. The number of methoxy groups -OCH3 is 1. The van der Waals surface area contributed by atoms with Crippen LogP contribution in [0, 0.1) is 5.92 Å². The summed E-state index contributed by atoms with van der Waals surface area (Å²) in [5.74, 6) is 1.46. The lowest BCUT2D eigenvalue weighted by molar-refractivity contribution is -0.143. The van der Waals surface area contributed by atoms with Crippen molar-refractivity contribution in [1.29, 1.82) is 0 Å². The number of piperidine rings is 1. The number of fused-ring (bicyclic) bond motifs is 1. The van der Waals surface area contributed by atoms with Crippen molar-refractivity contribution < 1.29 is 24.1 Å². The van der Waals surface area contributed by atoms with E-state index in [1.807, 2.05) is 18.2 Å². The van der Waals surface area contributed by atoms with E-state index in [0.717, 1.165) is 67.1 Å². The van der Waals surface area contributed by atoms with Crippen LogP contribution in [0.4, 0.5) is 0 Å². The number of carboxylic acid groups (broad SMARTS) is 1. The summed E-state index contributed by atoms with van der Waals surface area (Å²) in [6.07, 6.45) is 5.98. The molecule has 1 unspecified atom stereocenters.